The van der Waals surface area contributed by atoms with Crippen molar-refractivity contribution in [1.82, 2.24) is 10.2 Å². The van der Waals surface area contributed by atoms with Gasteiger partial charge in [0.05, 0.1) is 4.88 Å². The zero-order valence-corrected chi connectivity index (χ0v) is 11.4. The molecule has 1 unspecified atom stereocenters. The number of aryl methyl sites for hydroxylation is 2. The van der Waals surface area contributed by atoms with Crippen LogP contribution in [0.5, 0.6) is 0 Å². The van der Waals surface area contributed by atoms with Gasteiger partial charge >= 0.3 is 5.97 Å². The SMILES string of the molecule is Cc1cc(C(=O)N2CC(=O)NCC2C(=O)O)sc1C. The minimum Gasteiger partial charge on any atom is -0.480 e. The van der Waals surface area contributed by atoms with Crippen molar-refractivity contribution >= 4 is 29.1 Å². The molecule has 1 aliphatic rings. The summed E-state index contributed by atoms with van der Waals surface area (Å²) in [5.74, 6) is -1.85. The van der Waals surface area contributed by atoms with Crippen molar-refractivity contribution in [3.8, 4) is 0 Å². The molecule has 0 spiro atoms. The number of hydrogen-bond donors (Lipinski definition) is 2. The van der Waals surface area contributed by atoms with E-state index in [1.807, 2.05) is 13.8 Å². The first-order chi connectivity index (χ1) is 8.90. The summed E-state index contributed by atoms with van der Waals surface area (Å²) >= 11 is 1.32. The molecule has 0 saturated carbocycles. The fourth-order valence-electron chi connectivity index (χ4n) is 1.90. The molecule has 2 heterocycles. The van der Waals surface area contributed by atoms with Crippen LogP contribution in [0.4, 0.5) is 0 Å². The maximum atomic E-state index is 12.3. The molecule has 1 atom stereocenters. The maximum absolute atomic E-state index is 12.3. The Labute approximate surface area is 114 Å². The maximum Gasteiger partial charge on any atom is 0.328 e. The summed E-state index contributed by atoms with van der Waals surface area (Å²) in [5.41, 5.74) is 0.988. The number of hydrogen-bond acceptors (Lipinski definition) is 4. The summed E-state index contributed by atoms with van der Waals surface area (Å²) in [6.07, 6.45) is 0. The predicted octanol–water partition coefficient (Wildman–Crippen LogP) is 0.390. The van der Waals surface area contributed by atoms with E-state index in [9.17, 15) is 14.4 Å². The van der Waals surface area contributed by atoms with Crippen LogP contribution in [0.1, 0.15) is 20.1 Å². The third-order valence-electron chi connectivity index (χ3n) is 3.11. The number of carbonyl (C=O) groups is 3. The van der Waals surface area contributed by atoms with E-state index in [4.69, 9.17) is 5.11 Å². The van der Waals surface area contributed by atoms with Gasteiger partial charge in [-0.15, -0.1) is 11.3 Å². The van der Waals surface area contributed by atoms with Gasteiger partial charge in [0.1, 0.15) is 12.6 Å². The van der Waals surface area contributed by atoms with Crippen molar-refractivity contribution in [2.75, 3.05) is 13.1 Å². The molecular formula is C12H14N2O4S. The van der Waals surface area contributed by atoms with Crippen LogP contribution in [0.3, 0.4) is 0 Å². The standard InChI is InChI=1S/C12H14N2O4S/c1-6-3-9(19-7(6)2)11(16)14-5-10(15)13-4-8(14)12(17)18/h3,8H,4-5H2,1-2H3,(H,13,15)(H,17,18). The molecule has 1 aromatic rings. The second-order valence-electron chi connectivity index (χ2n) is 4.44. The van der Waals surface area contributed by atoms with Crippen molar-refractivity contribution in [3.05, 3.63) is 21.4 Å². The average molecular weight is 282 g/mol. The fraction of sp³-hybridized carbons (Fsp3) is 0.417. The number of carbonyl (C=O) groups excluding carboxylic acids is 2. The predicted molar refractivity (Wildman–Crippen MR) is 69.3 cm³/mol. The molecule has 2 N–H and O–H groups in total. The Morgan fingerprint density at radius 3 is 2.68 bits per heavy atom. The van der Waals surface area contributed by atoms with Gasteiger partial charge in [0.15, 0.2) is 0 Å². The third kappa shape index (κ3) is 2.60. The first-order valence-corrected chi connectivity index (χ1v) is 6.59. The van der Waals surface area contributed by atoms with Crippen LogP contribution in [0.15, 0.2) is 6.07 Å². The lowest BCUT2D eigenvalue weighted by Gasteiger charge is -2.32. The van der Waals surface area contributed by atoms with Crippen molar-refractivity contribution in [2.45, 2.75) is 19.9 Å². The van der Waals surface area contributed by atoms with Gasteiger partial charge in [-0.1, -0.05) is 0 Å². The minimum absolute atomic E-state index is 0.0523. The molecule has 0 aliphatic carbocycles. The van der Waals surface area contributed by atoms with Crippen LogP contribution in [0.2, 0.25) is 0 Å². The van der Waals surface area contributed by atoms with Gasteiger partial charge in [0.2, 0.25) is 5.91 Å². The van der Waals surface area contributed by atoms with Gasteiger partial charge in [0, 0.05) is 11.4 Å². The second kappa shape index (κ2) is 5.00. The normalized spacial score (nSPS) is 19.2. The summed E-state index contributed by atoms with van der Waals surface area (Å²) < 4.78 is 0. The number of carboxylic acids is 1. The number of nitrogens with zero attached hydrogens (tertiary/aromatic N) is 1. The lowest BCUT2D eigenvalue weighted by Crippen LogP contribution is -2.59. The summed E-state index contributed by atoms with van der Waals surface area (Å²) in [7, 11) is 0. The second-order valence-corrected chi connectivity index (χ2v) is 5.70. The molecule has 0 bridgehead atoms. The van der Waals surface area contributed by atoms with Crippen molar-refractivity contribution < 1.29 is 19.5 Å². The van der Waals surface area contributed by atoms with E-state index < -0.39 is 17.9 Å². The molecule has 102 valence electrons. The Morgan fingerprint density at radius 2 is 2.16 bits per heavy atom. The van der Waals surface area contributed by atoms with Gasteiger partial charge in [-0.05, 0) is 25.5 Å². The zero-order valence-electron chi connectivity index (χ0n) is 10.6. The van der Waals surface area contributed by atoms with Crippen molar-refractivity contribution in [3.63, 3.8) is 0 Å². The Hall–Kier alpha value is -1.89. The smallest absolute Gasteiger partial charge is 0.328 e. The van der Waals surface area contributed by atoms with Gasteiger partial charge in [-0.3, -0.25) is 9.59 Å². The average Bonchev–Trinajstić information content (AvgIpc) is 2.68. The highest BCUT2D eigenvalue weighted by molar-refractivity contribution is 7.14. The number of rotatable bonds is 2. The van der Waals surface area contributed by atoms with Gasteiger partial charge in [-0.2, -0.15) is 0 Å². The molecular weight excluding hydrogens is 268 g/mol. The fourth-order valence-corrected chi connectivity index (χ4v) is 2.89. The Kier molecular flexibility index (Phi) is 3.57. The first-order valence-electron chi connectivity index (χ1n) is 5.77. The lowest BCUT2D eigenvalue weighted by molar-refractivity contribution is -0.144. The highest BCUT2D eigenvalue weighted by Gasteiger charge is 2.36. The van der Waals surface area contributed by atoms with Gasteiger partial charge < -0.3 is 15.3 Å². The quantitative estimate of drug-likeness (QED) is 0.821. The molecule has 7 heteroatoms. The van der Waals surface area contributed by atoms with E-state index in [1.165, 1.54) is 11.3 Å². The number of amides is 2. The lowest BCUT2D eigenvalue weighted by atomic mass is 10.1. The number of piperazine rings is 1. The van der Waals surface area contributed by atoms with Crippen LogP contribution in [-0.2, 0) is 9.59 Å². The van der Waals surface area contributed by atoms with Crippen LogP contribution >= 0.6 is 11.3 Å². The van der Waals surface area contributed by atoms with Crippen LogP contribution in [-0.4, -0.2) is 46.9 Å². The molecule has 1 aliphatic heterocycles. The molecule has 6 nitrogen and oxygen atoms in total. The number of nitrogens with one attached hydrogen (secondary N) is 1. The Bertz CT molecular complexity index is 532. The highest BCUT2D eigenvalue weighted by atomic mass is 32.1. The van der Waals surface area contributed by atoms with Gasteiger partial charge in [0.25, 0.3) is 5.91 Å². The molecule has 1 saturated heterocycles. The highest BCUT2D eigenvalue weighted by Crippen LogP contribution is 2.23. The summed E-state index contributed by atoms with van der Waals surface area (Å²) in [6, 6.07) is 0.723. The molecule has 2 rings (SSSR count). The van der Waals surface area contributed by atoms with Gasteiger partial charge in [-0.25, -0.2) is 4.79 Å². The summed E-state index contributed by atoms with van der Waals surface area (Å²) in [4.78, 5) is 37.4. The van der Waals surface area contributed by atoms with E-state index in [-0.39, 0.29) is 19.0 Å². The van der Waals surface area contributed by atoms with E-state index in [2.05, 4.69) is 5.32 Å². The van der Waals surface area contributed by atoms with Crippen LogP contribution in [0, 0.1) is 13.8 Å². The topological polar surface area (TPSA) is 86.7 Å². The van der Waals surface area contributed by atoms with E-state index in [0.717, 1.165) is 15.3 Å². The molecule has 1 fully saturated rings. The monoisotopic (exact) mass is 282 g/mol. The number of carboxylic acid groups (broad SMARTS) is 1. The van der Waals surface area contributed by atoms with Crippen molar-refractivity contribution in [1.29, 1.82) is 0 Å². The van der Waals surface area contributed by atoms with Crippen molar-refractivity contribution in [2.24, 2.45) is 0 Å². The van der Waals surface area contributed by atoms with Crippen LogP contribution in [0.25, 0.3) is 0 Å². The molecule has 2 amide bonds. The molecule has 1 aromatic heterocycles. The third-order valence-corrected chi connectivity index (χ3v) is 4.25. The summed E-state index contributed by atoms with van der Waals surface area (Å²) in [5, 5.41) is 11.6. The zero-order chi connectivity index (χ0) is 14.2. The van der Waals surface area contributed by atoms with E-state index in [0.29, 0.717) is 4.88 Å². The van der Waals surface area contributed by atoms with E-state index in [1.54, 1.807) is 6.07 Å². The number of thiophene rings is 1. The summed E-state index contributed by atoms with van der Waals surface area (Å²) in [6.45, 7) is 3.52. The molecule has 19 heavy (non-hydrogen) atoms. The van der Waals surface area contributed by atoms with E-state index >= 15 is 0 Å². The first kappa shape index (κ1) is 13.5. The number of aliphatic carboxylic acids is 1. The Morgan fingerprint density at radius 1 is 1.47 bits per heavy atom. The van der Waals surface area contributed by atoms with Crippen LogP contribution < -0.4 is 5.32 Å². The Balaban J connectivity index is 2.28. The molecule has 0 aromatic carbocycles. The largest absolute Gasteiger partial charge is 0.480 e. The minimum atomic E-state index is -1.11. The molecule has 0 radical (unpaired) electrons.